The third-order valence-electron chi connectivity index (χ3n) is 1.00. The molecular formula is C6H12O4. The normalized spacial score (nSPS) is 25.8. The molecule has 1 aliphatic rings. The van der Waals surface area contributed by atoms with Crippen molar-refractivity contribution in [2.45, 2.75) is 0 Å². The molecule has 1 fully saturated rings. The summed E-state index contributed by atoms with van der Waals surface area (Å²) >= 11 is 0. The molecular weight excluding hydrogens is 136 g/mol. The molecule has 0 aromatic rings. The Balaban J connectivity index is 2.25. The van der Waals surface area contributed by atoms with Crippen molar-refractivity contribution in [2.75, 3.05) is 27.2 Å². The average molecular weight is 148 g/mol. The van der Waals surface area contributed by atoms with Crippen LogP contribution in [0.4, 0.5) is 0 Å². The molecule has 4 nitrogen and oxygen atoms in total. The van der Waals surface area contributed by atoms with Gasteiger partial charge >= 0.3 is 6.79 Å². The predicted octanol–water partition coefficient (Wildman–Crippen LogP) is 0.551. The van der Waals surface area contributed by atoms with Crippen LogP contribution in [0.15, 0.2) is 0 Å². The lowest BCUT2D eigenvalue weighted by atomic mass is 11.1. The van der Waals surface area contributed by atoms with Crippen LogP contribution in [0.3, 0.4) is 0 Å². The van der Waals surface area contributed by atoms with Gasteiger partial charge in [-0.3, -0.25) is 9.47 Å². The molecule has 10 heavy (non-hydrogen) atoms. The van der Waals surface area contributed by atoms with Gasteiger partial charge in [-0.2, -0.15) is 0 Å². The molecule has 0 radical (unpaired) electrons. The molecule has 0 aromatic carbocycles. The zero-order chi connectivity index (χ0) is 7.40. The van der Waals surface area contributed by atoms with E-state index in [1.807, 2.05) is 0 Å². The zero-order valence-corrected chi connectivity index (χ0v) is 5.88. The van der Waals surface area contributed by atoms with Crippen LogP contribution >= 0.6 is 0 Å². The molecule has 1 saturated heterocycles. The molecule has 60 valence electrons. The van der Waals surface area contributed by atoms with E-state index in [1.165, 1.54) is 0 Å². The van der Waals surface area contributed by atoms with E-state index < -0.39 is 0 Å². The molecule has 0 N–H and O–H groups in total. The van der Waals surface area contributed by atoms with Gasteiger partial charge in [-0.05, 0) is 0 Å². The van der Waals surface area contributed by atoms with Crippen LogP contribution < -0.4 is 0 Å². The molecule has 1 heterocycles. The van der Waals surface area contributed by atoms with Gasteiger partial charge in [-0.15, -0.1) is 0 Å². The van der Waals surface area contributed by atoms with Crippen LogP contribution in [0, 0.1) is 14.2 Å². The summed E-state index contributed by atoms with van der Waals surface area (Å²) in [6, 6.07) is 0. The second-order valence-corrected chi connectivity index (χ2v) is 2.10. The van der Waals surface area contributed by atoms with E-state index in [4.69, 9.17) is 9.47 Å². The van der Waals surface area contributed by atoms with Gasteiger partial charge in [0.05, 0.1) is 0 Å². The fourth-order valence-electron chi connectivity index (χ4n) is 0.666. The molecule has 0 bridgehead atoms. The van der Waals surface area contributed by atoms with Gasteiger partial charge in [0.15, 0.2) is 6.79 Å². The topological polar surface area (TPSA) is 23.9 Å². The average Bonchev–Trinajstić information content (AvgIpc) is 1.83. The van der Waals surface area contributed by atoms with E-state index in [9.17, 15) is 0 Å². The monoisotopic (exact) mass is 148 g/mol. The summed E-state index contributed by atoms with van der Waals surface area (Å²) < 4.78 is 14.9. The first-order chi connectivity index (χ1) is 4.79. The number of ether oxygens (including phenoxy) is 2. The molecule has 0 unspecified atom stereocenters. The molecule has 0 atom stereocenters. The SMILES string of the molecule is [CH2-][O+]1COCOC[O+]([CH2-])C1. The second-order valence-electron chi connectivity index (χ2n) is 2.10. The van der Waals surface area contributed by atoms with E-state index >= 15 is 0 Å². The molecule has 0 saturated carbocycles. The lowest BCUT2D eigenvalue weighted by Crippen LogP contribution is -2.26. The van der Waals surface area contributed by atoms with Gasteiger partial charge in [0.25, 0.3) is 0 Å². The van der Waals surface area contributed by atoms with Crippen molar-refractivity contribution in [2.24, 2.45) is 0 Å². The Kier molecular flexibility index (Phi) is 3.08. The molecule has 1 aliphatic heterocycles. The van der Waals surface area contributed by atoms with E-state index in [0.717, 1.165) is 0 Å². The summed E-state index contributed by atoms with van der Waals surface area (Å²) in [4.78, 5) is 0. The van der Waals surface area contributed by atoms with Crippen LogP contribution in [-0.4, -0.2) is 27.2 Å². The third-order valence-corrected chi connectivity index (χ3v) is 1.00. The molecule has 0 aliphatic carbocycles. The maximum atomic E-state index is 4.97. The van der Waals surface area contributed by atoms with Crippen LogP contribution in [-0.2, 0) is 18.2 Å². The number of hydrogen-bond donors (Lipinski definition) is 0. The maximum absolute atomic E-state index is 4.97. The van der Waals surface area contributed by atoms with Crippen LogP contribution in [0.25, 0.3) is 0 Å². The van der Waals surface area contributed by atoms with Crippen molar-refractivity contribution >= 4 is 0 Å². The Hall–Kier alpha value is -0.160. The highest BCUT2D eigenvalue weighted by Crippen LogP contribution is 2.05. The van der Waals surface area contributed by atoms with Crippen molar-refractivity contribution in [3.05, 3.63) is 14.2 Å². The number of hydrogen-bond acceptors (Lipinski definition) is 2. The lowest BCUT2D eigenvalue weighted by Gasteiger charge is -2.29. The van der Waals surface area contributed by atoms with E-state index in [1.54, 1.807) is 0 Å². The van der Waals surface area contributed by atoms with Crippen LogP contribution in [0.5, 0.6) is 0 Å². The minimum absolute atomic E-state index is 0.276. The highest BCUT2D eigenvalue weighted by Gasteiger charge is 2.07. The van der Waals surface area contributed by atoms with Gasteiger partial charge in [0.2, 0.25) is 13.6 Å². The van der Waals surface area contributed by atoms with Crippen molar-refractivity contribution in [3.8, 4) is 0 Å². The highest BCUT2D eigenvalue weighted by molar-refractivity contribution is 4.31. The zero-order valence-electron chi connectivity index (χ0n) is 5.88. The van der Waals surface area contributed by atoms with Gasteiger partial charge in [-0.25, -0.2) is 0 Å². The van der Waals surface area contributed by atoms with Crippen LogP contribution in [0.2, 0.25) is 0 Å². The third kappa shape index (κ3) is 2.62. The number of rotatable bonds is 0. The van der Waals surface area contributed by atoms with Crippen molar-refractivity contribution < 1.29 is 18.2 Å². The van der Waals surface area contributed by atoms with Gasteiger partial charge in [0.1, 0.15) is 0 Å². The molecule has 1 rings (SSSR count). The largest absolute Gasteiger partial charge is 0.489 e. The summed E-state index contributed by atoms with van der Waals surface area (Å²) in [7, 11) is 7.23. The van der Waals surface area contributed by atoms with Gasteiger partial charge < -0.3 is 8.73 Å². The van der Waals surface area contributed by atoms with Crippen molar-refractivity contribution in [1.29, 1.82) is 0 Å². The Morgan fingerprint density at radius 1 is 1.00 bits per heavy atom. The van der Waals surface area contributed by atoms with Crippen molar-refractivity contribution in [3.63, 3.8) is 0 Å². The first kappa shape index (κ1) is 7.94. The smallest absolute Gasteiger partial charge is 0.303 e. The fraction of sp³-hybridized carbons (Fsp3) is 0.667. The first-order valence-corrected chi connectivity index (χ1v) is 2.89. The summed E-state index contributed by atoms with van der Waals surface area (Å²) in [5.74, 6) is 0. The van der Waals surface area contributed by atoms with E-state index in [0.29, 0.717) is 20.4 Å². The quantitative estimate of drug-likeness (QED) is 0.370. The molecule has 0 amide bonds. The summed E-state index contributed by atoms with van der Waals surface area (Å²) in [6.45, 7) is 1.55. The summed E-state index contributed by atoms with van der Waals surface area (Å²) in [5.41, 5.74) is 0. The Bertz CT molecular complexity index is 85.7. The lowest BCUT2D eigenvalue weighted by molar-refractivity contribution is -0.364. The summed E-state index contributed by atoms with van der Waals surface area (Å²) in [5, 5.41) is 0. The van der Waals surface area contributed by atoms with Crippen LogP contribution in [0.1, 0.15) is 0 Å². The molecule has 0 aromatic heterocycles. The molecule has 4 heteroatoms. The van der Waals surface area contributed by atoms with Crippen molar-refractivity contribution in [1.82, 2.24) is 0 Å². The second kappa shape index (κ2) is 3.88. The minimum Gasteiger partial charge on any atom is -0.489 e. The van der Waals surface area contributed by atoms with Gasteiger partial charge in [-0.1, -0.05) is 14.2 Å². The summed E-state index contributed by atoms with van der Waals surface area (Å²) in [6.07, 6.45) is 0. The van der Waals surface area contributed by atoms with E-state index in [2.05, 4.69) is 23.0 Å². The Morgan fingerprint density at radius 3 is 2.00 bits per heavy atom. The maximum Gasteiger partial charge on any atom is 0.303 e. The Morgan fingerprint density at radius 2 is 1.50 bits per heavy atom. The van der Waals surface area contributed by atoms with Gasteiger partial charge in [0, 0.05) is 0 Å². The standard InChI is InChI=1S/C6H12O4/c1-9-4-7-3-8-5-10(2)6-9/h1-6H2. The Labute approximate surface area is 60.7 Å². The predicted molar refractivity (Wildman–Crippen MR) is 34.5 cm³/mol. The first-order valence-electron chi connectivity index (χ1n) is 2.89. The highest BCUT2D eigenvalue weighted by atomic mass is 16.9. The minimum atomic E-state index is 0.276. The fourth-order valence-corrected chi connectivity index (χ4v) is 0.666. The molecule has 0 spiro atoms. The van der Waals surface area contributed by atoms with E-state index in [-0.39, 0.29) is 6.79 Å².